The van der Waals surface area contributed by atoms with Gasteiger partial charge in [0.05, 0.1) is 6.21 Å². The van der Waals surface area contributed by atoms with Gasteiger partial charge in [-0.25, -0.2) is 0 Å². The molecule has 1 radical (unpaired) electrons. The van der Waals surface area contributed by atoms with Gasteiger partial charge >= 0.3 is 0 Å². The van der Waals surface area contributed by atoms with E-state index in [9.17, 15) is 0 Å². The molecule has 1 unspecified atom stereocenters. The van der Waals surface area contributed by atoms with Gasteiger partial charge in [0, 0.05) is 6.54 Å². The van der Waals surface area contributed by atoms with Gasteiger partial charge in [-0.05, 0) is 18.3 Å². The molecule has 0 aromatic heterocycles. The Morgan fingerprint density at radius 3 is 2.25 bits per heavy atom. The number of hydrogen-bond acceptors (Lipinski definition) is 1. The highest BCUT2D eigenvalue weighted by atomic mass is 14.7. The quantitative estimate of drug-likeness (QED) is 0.528. The van der Waals surface area contributed by atoms with Crippen LogP contribution < -0.4 is 0 Å². The molecule has 12 heavy (non-hydrogen) atoms. The first-order chi connectivity index (χ1) is 5.97. The highest BCUT2D eigenvalue weighted by Gasteiger charge is 2.23. The summed E-state index contributed by atoms with van der Waals surface area (Å²) in [5, 5.41) is 0. The van der Waals surface area contributed by atoms with E-state index in [0.717, 1.165) is 24.8 Å². The van der Waals surface area contributed by atoms with Gasteiger partial charge in [-0.15, -0.1) is 0 Å². The van der Waals surface area contributed by atoms with Crippen molar-refractivity contribution in [3.8, 4) is 0 Å². The van der Waals surface area contributed by atoms with E-state index in [1.165, 1.54) is 38.5 Å². The summed E-state index contributed by atoms with van der Waals surface area (Å²) in [7, 11) is 0. The molecule has 1 aliphatic heterocycles. The number of aliphatic imine (C=N–C) groups is 1. The Bertz CT molecular complexity index is 146. The normalized spacial score (nSPS) is 32.2. The number of hydrogen-bond donors (Lipinski definition) is 0. The van der Waals surface area contributed by atoms with Crippen molar-refractivity contribution in [1.29, 1.82) is 0 Å². The maximum atomic E-state index is 4.22. The summed E-state index contributed by atoms with van der Waals surface area (Å²) >= 11 is 0. The van der Waals surface area contributed by atoms with Gasteiger partial charge in [0.15, 0.2) is 0 Å². The van der Waals surface area contributed by atoms with Gasteiger partial charge < -0.3 is 0 Å². The van der Waals surface area contributed by atoms with E-state index in [1.54, 1.807) is 0 Å². The Kier molecular flexibility index (Phi) is 2.80. The summed E-state index contributed by atoms with van der Waals surface area (Å²) in [6.45, 7) is 1.07. The van der Waals surface area contributed by atoms with E-state index in [2.05, 4.69) is 11.2 Å². The summed E-state index contributed by atoms with van der Waals surface area (Å²) in [4.78, 5) is 4.22. The zero-order valence-corrected chi connectivity index (χ0v) is 7.76. The molecule has 2 aliphatic rings. The molecule has 0 aromatic carbocycles. The van der Waals surface area contributed by atoms with Crippen molar-refractivity contribution < 1.29 is 0 Å². The van der Waals surface area contributed by atoms with Crippen LogP contribution in [0.2, 0.25) is 0 Å². The van der Waals surface area contributed by atoms with Crippen molar-refractivity contribution in [2.75, 3.05) is 6.54 Å². The molecule has 1 nitrogen and oxygen atoms in total. The number of nitrogens with zero attached hydrogens (tertiary/aromatic N) is 1. The summed E-state index contributed by atoms with van der Waals surface area (Å²) in [5.74, 6) is 1.84. The molecule has 0 spiro atoms. The van der Waals surface area contributed by atoms with E-state index in [-0.39, 0.29) is 0 Å². The Morgan fingerprint density at radius 1 is 0.917 bits per heavy atom. The fourth-order valence-corrected chi connectivity index (χ4v) is 2.53. The van der Waals surface area contributed by atoms with Gasteiger partial charge in [0.1, 0.15) is 0 Å². The molecular formula is C11H18N. The first-order valence-corrected chi connectivity index (χ1v) is 5.36. The third kappa shape index (κ3) is 1.88. The van der Waals surface area contributed by atoms with Crippen molar-refractivity contribution in [2.24, 2.45) is 16.8 Å². The van der Waals surface area contributed by atoms with Gasteiger partial charge in [0.2, 0.25) is 0 Å². The molecule has 1 fully saturated rings. The van der Waals surface area contributed by atoms with Crippen LogP contribution in [0.5, 0.6) is 0 Å². The molecule has 0 bridgehead atoms. The van der Waals surface area contributed by atoms with Crippen molar-refractivity contribution in [3.05, 3.63) is 0 Å². The van der Waals surface area contributed by atoms with E-state index < -0.39 is 0 Å². The highest BCUT2D eigenvalue weighted by Crippen LogP contribution is 2.32. The van der Waals surface area contributed by atoms with Crippen LogP contribution in [0.4, 0.5) is 0 Å². The topological polar surface area (TPSA) is 12.4 Å². The van der Waals surface area contributed by atoms with Crippen molar-refractivity contribution >= 4 is 6.21 Å². The van der Waals surface area contributed by atoms with Crippen LogP contribution in [-0.4, -0.2) is 12.8 Å². The molecule has 1 atom stereocenters. The average molecular weight is 164 g/mol. The van der Waals surface area contributed by atoms with Crippen LogP contribution in [0.1, 0.15) is 44.9 Å². The van der Waals surface area contributed by atoms with Crippen LogP contribution in [0.3, 0.4) is 0 Å². The maximum absolute atomic E-state index is 4.22. The Balaban J connectivity index is 1.84. The summed E-state index contributed by atoms with van der Waals surface area (Å²) < 4.78 is 0. The zero-order chi connectivity index (χ0) is 8.23. The Hall–Kier alpha value is -0.330. The Labute approximate surface area is 75.3 Å². The van der Waals surface area contributed by atoms with Crippen molar-refractivity contribution in [1.82, 2.24) is 0 Å². The molecule has 2 rings (SSSR count). The predicted octanol–water partition coefficient (Wildman–Crippen LogP) is 2.92. The maximum Gasteiger partial charge on any atom is 0.0562 e. The van der Waals surface area contributed by atoms with Crippen molar-refractivity contribution in [2.45, 2.75) is 44.9 Å². The lowest BCUT2D eigenvalue weighted by Crippen LogP contribution is -2.14. The highest BCUT2D eigenvalue weighted by molar-refractivity contribution is 5.59. The lowest BCUT2D eigenvalue weighted by molar-refractivity contribution is 0.324. The van der Waals surface area contributed by atoms with Crippen LogP contribution >= 0.6 is 0 Å². The molecule has 1 heterocycles. The number of rotatable bonds is 1. The van der Waals surface area contributed by atoms with Crippen LogP contribution in [0.25, 0.3) is 0 Å². The fraction of sp³-hybridized carbons (Fsp3) is 0.909. The molecule has 0 aromatic rings. The van der Waals surface area contributed by atoms with Crippen LogP contribution in [0, 0.1) is 11.8 Å². The first-order valence-electron chi connectivity index (χ1n) is 5.36. The molecular weight excluding hydrogens is 146 g/mol. The molecule has 67 valence electrons. The van der Waals surface area contributed by atoms with Gasteiger partial charge in [-0.3, -0.25) is 4.99 Å². The van der Waals surface area contributed by atoms with E-state index in [4.69, 9.17) is 0 Å². The summed E-state index contributed by atoms with van der Waals surface area (Å²) in [6, 6.07) is 0. The minimum atomic E-state index is 0.864. The minimum Gasteiger partial charge on any atom is -0.288 e. The van der Waals surface area contributed by atoms with E-state index in [1.807, 2.05) is 0 Å². The van der Waals surface area contributed by atoms with Gasteiger partial charge in [0.25, 0.3) is 0 Å². The molecule has 0 N–H and O–H groups in total. The molecule has 0 saturated heterocycles. The fourth-order valence-electron chi connectivity index (χ4n) is 2.53. The minimum absolute atomic E-state index is 0.864. The van der Waals surface area contributed by atoms with Gasteiger partial charge in [-0.1, -0.05) is 38.5 Å². The molecule has 1 aliphatic carbocycles. The monoisotopic (exact) mass is 164 g/mol. The van der Waals surface area contributed by atoms with E-state index in [0.29, 0.717) is 0 Å². The lowest BCUT2D eigenvalue weighted by Gasteiger charge is -2.19. The molecule has 1 saturated carbocycles. The Morgan fingerprint density at radius 2 is 1.67 bits per heavy atom. The molecule has 0 amide bonds. The zero-order valence-electron chi connectivity index (χ0n) is 7.76. The van der Waals surface area contributed by atoms with Crippen LogP contribution in [0.15, 0.2) is 4.99 Å². The van der Waals surface area contributed by atoms with E-state index >= 15 is 0 Å². The largest absolute Gasteiger partial charge is 0.288 e. The second-order valence-corrected chi connectivity index (χ2v) is 4.21. The predicted molar refractivity (Wildman–Crippen MR) is 51.6 cm³/mol. The second-order valence-electron chi connectivity index (χ2n) is 4.21. The SMILES string of the molecule is [C]1=NCC(C2CCCCCC2)C1. The first kappa shape index (κ1) is 8.28. The van der Waals surface area contributed by atoms with Crippen LogP contribution in [-0.2, 0) is 0 Å². The summed E-state index contributed by atoms with van der Waals surface area (Å²) in [6.07, 6.45) is 13.0. The molecule has 1 heteroatoms. The third-order valence-corrected chi connectivity index (χ3v) is 3.36. The smallest absolute Gasteiger partial charge is 0.0562 e. The third-order valence-electron chi connectivity index (χ3n) is 3.36. The summed E-state index contributed by atoms with van der Waals surface area (Å²) in [5.41, 5.74) is 0. The lowest BCUT2D eigenvalue weighted by atomic mass is 9.85. The standard InChI is InChI=1S/C11H18N/c1-2-4-6-10(5-3-1)11-7-8-12-9-11/h10-11H,1-7,9H2. The van der Waals surface area contributed by atoms with Crippen molar-refractivity contribution in [3.63, 3.8) is 0 Å². The van der Waals surface area contributed by atoms with Gasteiger partial charge in [-0.2, -0.15) is 0 Å². The second kappa shape index (κ2) is 4.06. The average Bonchev–Trinajstić information content (AvgIpc) is 2.48.